The van der Waals surface area contributed by atoms with Crippen LogP contribution in [-0.2, 0) is 16.0 Å². The van der Waals surface area contributed by atoms with Gasteiger partial charge in [0.05, 0.1) is 7.11 Å². The maximum atomic E-state index is 11.3. The molecular formula is C13H15BrO2. The van der Waals surface area contributed by atoms with Gasteiger partial charge in [0.25, 0.3) is 0 Å². The molecule has 0 N–H and O–H groups in total. The van der Waals surface area contributed by atoms with Gasteiger partial charge < -0.3 is 4.74 Å². The van der Waals surface area contributed by atoms with E-state index in [2.05, 4.69) is 32.8 Å². The molecule has 0 aromatic heterocycles. The molecule has 0 radical (unpaired) electrons. The summed E-state index contributed by atoms with van der Waals surface area (Å²) in [5, 5.41) is 0.536. The van der Waals surface area contributed by atoms with E-state index in [4.69, 9.17) is 0 Å². The fraction of sp³-hybridized carbons (Fsp3) is 0.308. The average Bonchev–Trinajstić information content (AvgIpc) is 2.35. The highest BCUT2D eigenvalue weighted by atomic mass is 79.9. The maximum absolute atomic E-state index is 11.3. The molecule has 16 heavy (non-hydrogen) atoms. The molecule has 0 heterocycles. The normalized spacial score (nSPS) is 11.2. The lowest BCUT2D eigenvalue weighted by Gasteiger charge is -2.01. The van der Waals surface area contributed by atoms with Gasteiger partial charge in [-0.2, -0.15) is 0 Å². The van der Waals surface area contributed by atoms with E-state index in [0.29, 0.717) is 10.9 Å². The molecule has 3 heteroatoms. The second-order valence-corrected chi connectivity index (χ2v) is 3.94. The number of allylic oxidation sites excluding steroid dienone is 1. The molecule has 0 bridgehead atoms. The third kappa shape index (κ3) is 4.19. The van der Waals surface area contributed by atoms with Gasteiger partial charge in [0.2, 0.25) is 0 Å². The standard InChI is InChI=1S/C13H15BrO2/c1-16-13(15)12(10-14)9-5-8-11-6-3-2-4-7-11/h2-4,6-7,9H,5,8,10H2,1H3/b12-9+. The van der Waals surface area contributed by atoms with Crippen molar-refractivity contribution in [3.8, 4) is 0 Å². The van der Waals surface area contributed by atoms with Crippen molar-refractivity contribution >= 4 is 21.9 Å². The third-order valence-electron chi connectivity index (χ3n) is 2.26. The Kier molecular flexibility index (Phi) is 5.86. The Labute approximate surface area is 104 Å². The van der Waals surface area contributed by atoms with Gasteiger partial charge in [-0.25, -0.2) is 4.79 Å². The number of carbonyl (C=O) groups excluding carboxylic acids is 1. The molecule has 0 fully saturated rings. The molecule has 0 unspecified atom stereocenters. The van der Waals surface area contributed by atoms with Crippen LogP contribution in [0, 0.1) is 0 Å². The van der Waals surface area contributed by atoms with Gasteiger partial charge in [0.1, 0.15) is 0 Å². The van der Waals surface area contributed by atoms with E-state index in [1.54, 1.807) is 0 Å². The molecule has 86 valence electrons. The van der Waals surface area contributed by atoms with Crippen LogP contribution in [0.25, 0.3) is 0 Å². The van der Waals surface area contributed by atoms with Crippen molar-refractivity contribution in [2.24, 2.45) is 0 Å². The molecule has 2 nitrogen and oxygen atoms in total. The first-order valence-electron chi connectivity index (χ1n) is 5.15. The smallest absolute Gasteiger partial charge is 0.334 e. The highest BCUT2D eigenvalue weighted by Gasteiger charge is 2.06. The summed E-state index contributed by atoms with van der Waals surface area (Å²) in [5.41, 5.74) is 1.95. The summed E-state index contributed by atoms with van der Waals surface area (Å²) in [6.45, 7) is 0. The minimum absolute atomic E-state index is 0.259. The molecule has 0 amide bonds. The minimum Gasteiger partial charge on any atom is -0.466 e. The van der Waals surface area contributed by atoms with Crippen molar-refractivity contribution in [2.75, 3.05) is 12.4 Å². The SMILES string of the molecule is COC(=O)/C(=C/CCc1ccccc1)CBr. The number of methoxy groups -OCH3 is 1. The zero-order chi connectivity index (χ0) is 11.8. The lowest BCUT2D eigenvalue weighted by molar-refractivity contribution is -0.135. The number of hydrogen-bond acceptors (Lipinski definition) is 2. The Balaban J connectivity index is 2.49. The predicted molar refractivity (Wildman–Crippen MR) is 68.7 cm³/mol. The van der Waals surface area contributed by atoms with Gasteiger partial charge in [0.15, 0.2) is 0 Å². The van der Waals surface area contributed by atoms with Crippen LogP contribution in [0.2, 0.25) is 0 Å². The summed E-state index contributed by atoms with van der Waals surface area (Å²) in [6, 6.07) is 10.2. The van der Waals surface area contributed by atoms with Crippen LogP contribution < -0.4 is 0 Å². The van der Waals surface area contributed by atoms with Crippen LogP contribution in [0.1, 0.15) is 12.0 Å². The van der Waals surface area contributed by atoms with E-state index in [1.807, 2.05) is 24.3 Å². The number of ether oxygens (including phenoxy) is 1. The fourth-order valence-corrected chi connectivity index (χ4v) is 1.84. The predicted octanol–water partition coefficient (Wildman–Crippen LogP) is 3.11. The summed E-state index contributed by atoms with van der Waals surface area (Å²) in [5.74, 6) is -0.259. The zero-order valence-electron chi connectivity index (χ0n) is 9.28. The van der Waals surface area contributed by atoms with Crippen molar-refractivity contribution < 1.29 is 9.53 Å². The number of alkyl halides is 1. The van der Waals surface area contributed by atoms with Crippen LogP contribution in [-0.4, -0.2) is 18.4 Å². The monoisotopic (exact) mass is 282 g/mol. The summed E-state index contributed by atoms with van der Waals surface area (Å²) in [6.07, 6.45) is 3.71. The number of esters is 1. The van der Waals surface area contributed by atoms with Crippen LogP contribution in [0.5, 0.6) is 0 Å². The van der Waals surface area contributed by atoms with Gasteiger partial charge in [-0.15, -0.1) is 0 Å². The van der Waals surface area contributed by atoms with E-state index in [0.717, 1.165) is 12.8 Å². The number of benzene rings is 1. The van der Waals surface area contributed by atoms with Crippen molar-refractivity contribution in [1.29, 1.82) is 0 Å². The lowest BCUT2D eigenvalue weighted by atomic mass is 10.1. The van der Waals surface area contributed by atoms with Crippen molar-refractivity contribution in [3.63, 3.8) is 0 Å². The van der Waals surface area contributed by atoms with Crippen LogP contribution >= 0.6 is 15.9 Å². The summed E-state index contributed by atoms with van der Waals surface area (Å²) in [7, 11) is 1.40. The average molecular weight is 283 g/mol. The number of carbonyl (C=O) groups is 1. The van der Waals surface area contributed by atoms with E-state index < -0.39 is 0 Å². The zero-order valence-corrected chi connectivity index (χ0v) is 10.9. The molecule has 0 aliphatic heterocycles. The number of halogens is 1. The molecule has 1 rings (SSSR count). The van der Waals surface area contributed by atoms with Crippen LogP contribution in [0.15, 0.2) is 42.0 Å². The molecule has 0 aliphatic rings. The Morgan fingerprint density at radius 3 is 2.62 bits per heavy atom. The molecule has 0 saturated carbocycles. The molecule has 0 saturated heterocycles. The summed E-state index contributed by atoms with van der Waals surface area (Å²) < 4.78 is 4.67. The molecule has 0 aliphatic carbocycles. The van der Waals surface area contributed by atoms with E-state index in [1.165, 1.54) is 12.7 Å². The third-order valence-corrected chi connectivity index (χ3v) is 2.86. The van der Waals surface area contributed by atoms with E-state index in [9.17, 15) is 4.79 Å². The van der Waals surface area contributed by atoms with Gasteiger partial charge >= 0.3 is 5.97 Å². The largest absolute Gasteiger partial charge is 0.466 e. The van der Waals surface area contributed by atoms with Crippen molar-refractivity contribution in [2.45, 2.75) is 12.8 Å². The quantitative estimate of drug-likeness (QED) is 0.471. The van der Waals surface area contributed by atoms with Gasteiger partial charge in [0, 0.05) is 10.9 Å². The van der Waals surface area contributed by atoms with Gasteiger partial charge in [-0.3, -0.25) is 0 Å². The first-order chi connectivity index (χ1) is 7.77. The summed E-state index contributed by atoms with van der Waals surface area (Å²) >= 11 is 3.27. The fourth-order valence-electron chi connectivity index (χ4n) is 1.38. The van der Waals surface area contributed by atoms with Crippen molar-refractivity contribution in [1.82, 2.24) is 0 Å². The van der Waals surface area contributed by atoms with E-state index >= 15 is 0 Å². The highest BCUT2D eigenvalue weighted by molar-refractivity contribution is 9.09. The van der Waals surface area contributed by atoms with E-state index in [-0.39, 0.29) is 5.97 Å². The van der Waals surface area contributed by atoms with Gasteiger partial charge in [-0.05, 0) is 18.4 Å². The Bertz CT molecular complexity index is 357. The van der Waals surface area contributed by atoms with Crippen LogP contribution in [0.3, 0.4) is 0 Å². The molecule has 1 aromatic carbocycles. The lowest BCUT2D eigenvalue weighted by Crippen LogP contribution is -2.05. The molecule has 1 aromatic rings. The Hall–Kier alpha value is -1.09. The first kappa shape index (κ1) is 13.0. The Morgan fingerprint density at radius 1 is 1.38 bits per heavy atom. The number of rotatable bonds is 5. The number of hydrogen-bond donors (Lipinski definition) is 0. The first-order valence-corrected chi connectivity index (χ1v) is 6.27. The summed E-state index contributed by atoms with van der Waals surface area (Å²) in [4.78, 5) is 11.3. The maximum Gasteiger partial charge on any atom is 0.334 e. The van der Waals surface area contributed by atoms with Crippen LogP contribution in [0.4, 0.5) is 0 Å². The second-order valence-electron chi connectivity index (χ2n) is 3.38. The second kappa shape index (κ2) is 7.23. The molecule has 0 atom stereocenters. The van der Waals surface area contributed by atoms with Gasteiger partial charge in [-0.1, -0.05) is 52.3 Å². The number of aryl methyl sites for hydroxylation is 1. The van der Waals surface area contributed by atoms with Crippen molar-refractivity contribution in [3.05, 3.63) is 47.5 Å². The molecule has 0 spiro atoms. The molecular weight excluding hydrogens is 268 g/mol. The topological polar surface area (TPSA) is 26.3 Å². The highest BCUT2D eigenvalue weighted by Crippen LogP contribution is 2.08. The minimum atomic E-state index is -0.259. The Morgan fingerprint density at radius 2 is 2.06 bits per heavy atom.